The average Bonchev–Trinajstić information content (AvgIpc) is 4.07. The maximum absolute atomic E-state index is 13.4. The predicted molar refractivity (Wildman–Crippen MR) is 235 cm³/mol. The first-order valence-corrected chi connectivity index (χ1v) is 21.3. The fourth-order valence-electron chi connectivity index (χ4n) is 7.70. The first-order chi connectivity index (χ1) is 32.2. The Bertz CT molecular complexity index is 2980. The van der Waals surface area contributed by atoms with E-state index in [1.165, 1.54) is 42.8 Å². The molecule has 0 spiro atoms. The largest absolute Gasteiger partial charge is 0.476 e. The van der Waals surface area contributed by atoms with Gasteiger partial charge in [-0.25, -0.2) is 14.8 Å². The minimum atomic E-state index is -4.91. The number of benzene rings is 2. The van der Waals surface area contributed by atoms with Crippen LogP contribution in [-0.2, 0) is 38.4 Å². The third-order valence-corrected chi connectivity index (χ3v) is 12.1. The van der Waals surface area contributed by atoms with Gasteiger partial charge in [-0.2, -0.15) is 47.1 Å². The molecule has 0 radical (unpaired) electrons. The second-order valence-corrected chi connectivity index (χ2v) is 17.2. The molecule has 0 bridgehead atoms. The number of imidazole rings is 2. The standard InChI is InChI=1S/C22H20ClF3N6O2.C12H8ClN3O2.C10H14F3N3O/c1-12-10-31(11-15-9-28-20(32(12)15)21(2,34)22(24,25)26)19(33)18-16(23)17(29-30(18)3)14-6-4-13(8-27)5-7-14;1-16-11(12(17)18)9(13)10(15-16)8-4-2-7(6-14)3-5-8;1-6-3-14-4-7-5-15-8(16(6)7)9(2,17)10(11,12)13/h4-7,9,12,34H,10-11H2,1-3H3;2-5H,1H3,(H,17,18);5-6,14,17H,3-4H2,1-2H3/t12-,21+;;6-,9+/m0.0/s1. The third-order valence-electron chi connectivity index (χ3n) is 11.4. The zero-order valence-electron chi connectivity index (χ0n) is 37.4. The van der Waals surface area contributed by atoms with Crippen molar-refractivity contribution in [2.45, 2.75) is 76.4 Å². The van der Waals surface area contributed by atoms with Crippen LogP contribution in [-0.4, -0.2) is 96.2 Å². The number of aromatic nitrogens is 8. The summed E-state index contributed by atoms with van der Waals surface area (Å²) >= 11 is 12.5. The van der Waals surface area contributed by atoms with Crippen LogP contribution < -0.4 is 5.32 Å². The maximum atomic E-state index is 13.4. The van der Waals surface area contributed by atoms with E-state index in [1.54, 1.807) is 69.4 Å². The highest BCUT2D eigenvalue weighted by molar-refractivity contribution is 6.36. The molecule has 0 aliphatic carbocycles. The molecule has 2 aromatic carbocycles. The van der Waals surface area contributed by atoms with Crippen molar-refractivity contribution in [3.05, 3.63) is 117 Å². The number of halogens is 8. The van der Waals surface area contributed by atoms with Gasteiger partial charge < -0.3 is 34.7 Å². The molecule has 0 saturated carbocycles. The fourth-order valence-corrected chi connectivity index (χ4v) is 8.40. The fraction of sp³-hybridized carbons (Fsp3) is 0.364. The van der Waals surface area contributed by atoms with Crippen LogP contribution in [0.1, 0.15) is 94.9 Å². The number of hydrogen-bond acceptors (Lipinski definition) is 11. The van der Waals surface area contributed by atoms with E-state index in [9.17, 15) is 46.1 Å². The van der Waals surface area contributed by atoms with E-state index in [0.29, 0.717) is 65.0 Å². The lowest BCUT2D eigenvalue weighted by Gasteiger charge is -2.36. The van der Waals surface area contributed by atoms with Gasteiger partial charge in [0.25, 0.3) is 5.91 Å². The van der Waals surface area contributed by atoms with Gasteiger partial charge in [0.1, 0.15) is 22.1 Å². The van der Waals surface area contributed by atoms with Crippen molar-refractivity contribution >= 4 is 35.1 Å². The Balaban J connectivity index is 0.000000188. The number of rotatable bonds is 6. The number of amides is 1. The van der Waals surface area contributed by atoms with E-state index >= 15 is 0 Å². The number of aromatic carboxylic acids is 1. The molecule has 8 rings (SSSR count). The molecule has 0 unspecified atom stereocenters. The Labute approximate surface area is 399 Å². The number of carbonyl (C=O) groups excluding carboxylic acids is 1. The van der Waals surface area contributed by atoms with Crippen LogP contribution in [0.25, 0.3) is 22.5 Å². The van der Waals surface area contributed by atoms with Crippen molar-refractivity contribution in [2.75, 3.05) is 13.1 Å². The number of carbonyl (C=O) groups is 2. The number of aliphatic hydroxyl groups is 2. The van der Waals surface area contributed by atoms with Crippen molar-refractivity contribution in [3.8, 4) is 34.7 Å². The van der Waals surface area contributed by atoms with Gasteiger partial charge in [-0.1, -0.05) is 47.5 Å². The van der Waals surface area contributed by atoms with Crippen LogP contribution in [0.4, 0.5) is 26.3 Å². The highest BCUT2D eigenvalue weighted by Gasteiger charge is 2.56. The normalized spacial score (nSPS) is 17.3. The number of nitrogens with zero attached hydrogens (tertiary/aromatic N) is 11. The maximum Gasteiger partial charge on any atom is 0.424 e. The molecule has 69 heavy (non-hydrogen) atoms. The van der Waals surface area contributed by atoms with Crippen molar-refractivity contribution in [3.63, 3.8) is 0 Å². The van der Waals surface area contributed by atoms with Crippen LogP contribution in [0.2, 0.25) is 10.0 Å². The van der Waals surface area contributed by atoms with Gasteiger partial charge in [0.2, 0.25) is 11.2 Å². The minimum absolute atomic E-state index is 0.0161. The van der Waals surface area contributed by atoms with Crippen molar-refractivity contribution in [1.82, 2.24) is 48.9 Å². The minimum Gasteiger partial charge on any atom is -0.476 e. The summed E-state index contributed by atoms with van der Waals surface area (Å²) in [6.45, 7) is 5.91. The summed E-state index contributed by atoms with van der Waals surface area (Å²) in [5, 5.41) is 58.2. The number of nitrogens with one attached hydrogen (secondary N) is 1. The number of aryl methyl sites for hydroxylation is 2. The number of carboxylic acids is 1. The van der Waals surface area contributed by atoms with Gasteiger partial charge in [-0.15, -0.1) is 0 Å². The van der Waals surface area contributed by atoms with E-state index in [2.05, 4.69) is 25.5 Å². The lowest BCUT2D eigenvalue weighted by molar-refractivity contribution is -0.263. The first kappa shape index (κ1) is 51.6. The molecule has 0 saturated heterocycles. The highest BCUT2D eigenvalue weighted by atomic mass is 35.5. The topological polar surface area (TPSA) is 229 Å². The second kappa shape index (κ2) is 19.3. The summed E-state index contributed by atoms with van der Waals surface area (Å²) in [7, 11) is 3.09. The second-order valence-electron chi connectivity index (χ2n) is 16.5. The molecule has 4 aromatic heterocycles. The molecular formula is C44H42Cl2F6N12O5. The van der Waals surface area contributed by atoms with Crippen LogP contribution in [0.3, 0.4) is 0 Å². The number of hydrogen-bond donors (Lipinski definition) is 4. The van der Waals surface area contributed by atoms with Crippen molar-refractivity contribution in [2.24, 2.45) is 14.1 Å². The van der Waals surface area contributed by atoms with E-state index < -0.39 is 47.3 Å². The zero-order valence-corrected chi connectivity index (χ0v) is 38.9. The SMILES string of the molecule is C[C@H]1CN(C(=O)c2c(Cl)c(-c3ccc(C#N)cc3)nn2C)Cc2cnc([C@@](C)(O)C(F)(F)F)n21.C[C@H]1CNCc2cnc([C@@](C)(O)C(F)(F)F)n21.Cn1nc(-c2ccc(C#N)cc2)c(Cl)c1C(=O)O. The van der Waals surface area contributed by atoms with Crippen LogP contribution >= 0.6 is 23.2 Å². The van der Waals surface area contributed by atoms with Gasteiger partial charge in [0, 0.05) is 57.1 Å². The van der Waals surface area contributed by atoms with E-state index in [1.807, 2.05) is 12.1 Å². The van der Waals surface area contributed by atoms with E-state index in [-0.39, 0.29) is 46.4 Å². The van der Waals surface area contributed by atoms with E-state index in [0.717, 1.165) is 6.92 Å². The Kier molecular flexibility index (Phi) is 14.5. The van der Waals surface area contributed by atoms with Crippen molar-refractivity contribution in [1.29, 1.82) is 10.5 Å². The number of fused-ring (bicyclic) bond motifs is 2. The molecule has 25 heteroatoms. The molecule has 364 valence electrons. The van der Waals surface area contributed by atoms with Crippen LogP contribution in [0, 0.1) is 22.7 Å². The summed E-state index contributed by atoms with van der Waals surface area (Å²) in [5.74, 6) is -2.43. The highest BCUT2D eigenvalue weighted by Crippen LogP contribution is 2.42. The third kappa shape index (κ3) is 9.91. The predicted octanol–water partition coefficient (Wildman–Crippen LogP) is 7.42. The zero-order chi connectivity index (χ0) is 51.1. The molecule has 6 aromatic rings. The van der Waals surface area contributed by atoms with Gasteiger partial charge in [-0.05, 0) is 52.0 Å². The number of nitriles is 2. The molecule has 0 fully saturated rings. The lowest BCUT2D eigenvalue weighted by atomic mass is 10.0. The summed E-state index contributed by atoms with van der Waals surface area (Å²) in [4.78, 5) is 33.4. The summed E-state index contributed by atoms with van der Waals surface area (Å²) in [6, 6.07) is 16.5. The molecule has 6 heterocycles. The summed E-state index contributed by atoms with van der Waals surface area (Å²) in [6.07, 6.45) is -7.04. The molecule has 4 atom stereocenters. The molecule has 1 amide bonds. The van der Waals surface area contributed by atoms with Crippen molar-refractivity contribution < 1.29 is 51.3 Å². The molecule has 2 aliphatic rings. The quantitative estimate of drug-likeness (QED) is 0.120. The molecule has 2 aliphatic heterocycles. The Morgan fingerprint density at radius 3 is 1.57 bits per heavy atom. The van der Waals surface area contributed by atoms with Gasteiger partial charge >= 0.3 is 18.3 Å². The van der Waals surface area contributed by atoms with Gasteiger partial charge in [0.15, 0.2) is 17.3 Å². The van der Waals surface area contributed by atoms with Gasteiger partial charge in [0.05, 0.1) is 58.5 Å². The van der Waals surface area contributed by atoms with Crippen LogP contribution in [0.15, 0.2) is 60.9 Å². The van der Waals surface area contributed by atoms with Crippen LogP contribution in [0.5, 0.6) is 0 Å². The molecule has 17 nitrogen and oxygen atoms in total. The van der Waals surface area contributed by atoms with Gasteiger partial charge in [-0.3, -0.25) is 14.2 Å². The number of carboxylic acid groups (broad SMARTS) is 1. The van der Waals surface area contributed by atoms with E-state index in [4.69, 9.17) is 38.8 Å². The Hall–Kier alpha value is -6.76. The monoisotopic (exact) mass is 1000 g/mol. The number of alkyl halides is 6. The average molecular weight is 1000 g/mol. The Morgan fingerprint density at radius 1 is 0.725 bits per heavy atom. The first-order valence-electron chi connectivity index (χ1n) is 20.6. The smallest absolute Gasteiger partial charge is 0.424 e. The molecular weight excluding hydrogens is 961 g/mol. The Morgan fingerprint density at radius 2 is 1.14 bits per heavy atom. The lowest BCUT2D eigenvalue weighted by Crippen LogP contribution is -2.46. The summed E-state index contributed by atoms with van der Waals surface area (Å²) < 4.78 is 83.8. The molecule has 4 N–H and O–H groups in total. The summed E-state index contributed by atoms with van der Waals surface area (Å²) in [5.41, 5.74) is -1.93.